The number of nitrogens with two attached hydrogens (primary N) is 1. The number of hydrogen-bond donors (Lipinski definition) is 2. The first-order chi connectivity index (χ1) is 18.1. The first-order valence-electron chi connectivity index (χ1n) is 15.6. The van der Waals surface area contributed by atoms with E-state index in [1.54, 1.807) is 0 Å². The van der Waals surface area contributed by atoms with Crippen molar-refractivity contribution < 1.29 is 57.2 Å². The Morgan fingerprint density at radius 1 is 0.667 bits per heavy atom. The Morgan fingerprint density at radius 2 is 0.974 bits per heavy atom. The maximum absolute atomic E-state index is 12.4. The molecule has 0 aromatic rings. The third kappa shape index (κ3) is 18.1. The van der Waals surface area contributed by atoms with Crippen molar-refractivity contribution >= 4 is 22.0 Å². The van der Waals surface area contributed by atoms with Gasteiger partial charge in [-0.25, -0.2) is 0 Å². The fourth-order valence-corrected chi connectivity index (χ4v) is 6.71. The number of hydrogen-bond acceptors (Lipinski definition) is 5. The second-order valence-electron chi connectivity index (χ2n) is 11.2. The topological polar surface area (TPSA) is 138 Å². The number of carbonyl (C=O) groups is 2. The van der Waals surface area contributed by atoms with E-state index in [1.165, 1.54) is 77.0 Å². The van der Waals surface area contributed by atoms with Gasteiger partial charge in [-0.3, -0.25) is 9.35 Å². The van der Waals surface area contributed by atoms with Crippen molar-refractivity contribution in [1.82, 2.24) is 0 Å². The van der Waals surface area contributed by atoms with Crippen molar-refractivity contribution in [2.75, 3.05) is 0 Å². The Labute approximate surface area is 262 Å². The molecule has 1 amide bonds. The Kier molecular flexibility index (Phi) is 26.9. The zero-order valence-electron chi connectivity index (χ0n) is 25.5. The van der Waals surface area contributed by atoms with Gasteiger partial charge in [-0.15, -0.1) is 0 Å². The molecule has 0 fully saturated rings. The van der Waals surface area contributed by atoms with Crippen molar-refractivity contribution in [2.24, 2.45) is 11.7 Å². The maximum Gasteiger partial charge on any atom is 1.00 e. The van der Waals surface area contributed by atoms with Crippen LogP contribution in [0.5, 0.6) is 0 Å². The Hall–Kier alpha value is -0.150. The van der Waals surface area contributed by atoms with Crippen LogP contribution >= 0.6 is 0 Å². The summed E-state index contributed by atoms with van der Waals surface area (Å²) >= 11 is 0. The van der Waals surface area contributed by atoms with Gasteiger partial charge in [0.15, 0.2) is 0 Å². The van der Waals surface area contributed by atoms with Gasteiger partial charge < -0.3 is 15.6 Å². The van der Waals surface area contributed by atoms with Gasteiger partial charge in [-0.2, -0.15) is 8.42 Å². The molecule has 0 bridgehead atoms. The zero-order chi connectivity index (χ0) is 28.7. The Bertz CT molecular complexity index is 718. The maximum atomic E-state index is 12.4. The normalized spacial score (nSPS) is 13.9. The zero-order valence-corrected chi connectivity index (χ0v) is 28.3. The molecule has 3 N–H and O–H groups in total. The molecule has 226 valence electrons. The van der Waals surface area contributed by atoms with Crippen molar-refractivity contribution in [3.8, 4) is 0 Å². The van der Waals surface area contributed by atoms with Crippen LogP contribution in [0.25, 0.3) is 0 Å². The molecule has 39 heavy (non-hydrogen) atoms. The van der Waals surface area contributed by atoms with Gasteiger partial charge >= 0.3 is 29.6 Å². The Morgan fingerprint density at radius 3 is 1.26 bits per heavy atom. The van der Waals surface area contributed by atoms with Gasteiger partial charge in [0.05, 0.1) is 11.9 Å². The predicted octanol–water partition coefficient (Wildman–Crippen LogP) is 3.87. The quantitative estimate of drug-likeness (QED) is 0.0815. The standard InChI is InChI=1S/C30H59NO6S.Na/c1-3-5-7-9-11-13-15-17-19-21-23-25-27(28(31)32)30(29(33)34,38(35,36)37)26-24-22-20-18-16-14-12-10-8-6-4-2;/h27H,3-26H2,1-2H3,(H2,31,32)(H,33,34)(H,35,36,37);/q;+1/p-1. The van der Waals surface area contributed by atoms with Crippen LogP contribution in [0, 0.1) is 5.92 Å². The first kappa shape index (κ1) is 41.0. The number of rotatable bonds is 28. The number of carbonyl (C=O) groups excluding carboxylic acids is 2. The van der Waals surface area contributed by atoms with Crippen LogP contribution < -0.4 is 40.4 Å². The molecule has 0 saturated heterocycles. The molecule has 2 unspecified atom stereocenters. The molecule has 0 aliphatic rings. The molecule has 0 radical (unpaired) electrons. The fourth-order valence-electron chi connectivity index (χ4n) is 5.50. The van der Waals surface area contributed by atoms with E-state index in [-0.39, 0.29) is 48.8 Å². The van der Waals surface area contributed by atoms with Crippen molar-refractivity contribution in [2.45, 2.75) is 173 Å². The molecular formula is C30H58NNaO6S. The number of carboxylic acids is 1. The number of primary amides is 1. The fraction of sp³-hybridized carbons (Fsp3) is 0.933. The Balaban J connectivity index is 0. The summed E-state index contributed by atoms with van der Waals surface area (Å²) in [5.41, 5.74) is 5.51. The monoisotopic (exact) mass is 583 g/mol. The summed E-state index contributed by atoms with van der Waals surface area (Å²) in [7, 11) is -5.11. The van der Waals surface area contributed by atoms with Gasteiger partial charge in [0.25, 0.3) is 10.1 Å². The smallest absolute Gasteiger partial charge is 0.548 e. The van der Waals surface area contributed by atoms with E-state index in [0.717, 1.165) is 44.9 Å². The number of amides is 1. The van der Waals surface area contributed by atoms with Crippen molar-refractivity contribution in [3.63, 3.8) is 0 Å². The molecule has 0 rings (SSSR count). The van der Waals surface area contributed by atoms with Crippen LogP contribution in [0.1, 0.15) is 168 Å². The van der Waals surface area contributed by atoms with Crippen LogP contribution in [-0.2, 0) is 19.7 Å². The molecule has 0 aliphatic heterocycles. The minimum atomic E-state index is -5.11. The SMILES string of the molecule is CCCCCCCCCCCCCC(C(N)=O)C(CCCCCCCCCCCCC)(C(=O)[O-])S(=O)(=O)O.[Na+]. The minimum absolute atomic E-state index is 0. The third-order valence-corrected chi connectivity index (χ3v) is 9.54. The first-order valence-corrected chi connectivity index (χ1v) is 17.1. The summed E-state index contributed by atoms with van der Waals surface area (Å²) in [6, 6.07) is 0. The third-order valence-electron chi connectivity index (χ3n) is 7.96. The molecule has 9 heteroatoms. The molecule has 0 aliphatic carbocycles. The van der Waals surface area contributed by atoms with Gasteiger partial charge in [0, 0.05) is 0 Å². The molecule has 0 aromatic carbocycles. The van der Waals surface area contributed by atoms with Crippen LogP contribution in [0.3, 0.4) is 0 Å². The number of unbranched alkanes of at least 4 members (excludes halogenated alkanes) is 20. The van der Waals surface area contributed by atoms with Crippen molar-refractivity contribution in [1.29, 1.82) is 0 Å². The average Bonchev–Trinajstić information content (AvgIpc) is 2.85. The molecule has 7 nitrogen and oxygen atoms in total. The summed E-state index contributed by atoms with van der Waals surface area (Å²) in [5, 5.41) is 12.2. The minimum Gasteiger partial charge on any atom is -0.548 e. The summed E-state index contributed by atoms with van der Waals surface area (Å²) in [6.45, 7) is 4.40. The van der Waals surface area contributed by atoms with Gasteiger partial charge in [-0.05, 0) is 12.8 Å². The molecular weight excluding hydrogens is 525 g/mol. The molecule has 0 aromatic heterocycles. The molecule has 0 spiro atoms. The average molecular weight is 584 g/mol. The van der Waals surface area contributed by atoms with Crippen LogP contribution in [0.2, 0.25) is 0 Å². The summed E-state index contributed by atoms with van der Waals surface area (Å²) in [5.74, 6) is -4.45. The number of carboxylic acid groups (broad SMARTS) is 1. The summed E-state index contributed by atoms with van der Waals surface area (Å²) < 4.78 is 32.1. The second kappa shape index (κ2) is 25.6. The van der Waals surface area contributed by atoms with E-state index in [9.17, 15) is 27.7 Å². The molecule has 2 atom stereocenters. The largest absolute Gasteiger partial charge is 1.00 e. The van der Waals surface area contributed by atoms with Gasteiger partial charge in [0.2, 0.25) is 5.91 Å². The summed E-state index contributed by atoms with van der Waals surface area (Å²) in [6.07, 6.45) is 22.8. The van der Waals surface area contributed by atoms with E-state index in [0.29, 0.717) is 12.8 Å². The molecule has 0 heterocycles. The van der Waals surface area contributed by atoms with E-state index in [2.05, 4.69) is 13.8 Å². The van der Waals surface area contributed by atoms with Crippen molar-refractivity contribution in [3.05, 3.63) is 0 Å². The van der Waals surface area contributed by atoms with Gasteiger partial charge in [0.1, 0.15) is 4.75 Å². The van der Waals surface area contributed by atoms with E-state index in [1.807, 2.05) is 0 Å². The van der Waals surface area contributed by atoms with E-state index < -0.39 is 32.7 Å². The van der Waals surface area contributed by atoms with Crippen LogP contribution in [0.4, 0.5) is 0 Å². The van der Waals surface area contributed by atoms with Crippen LogP contribution in [-0.4, -0.2) is 29.6 Å². The van der Waals surface area contributed by atoms with E-state index in [4.69, 9.17) is 5.73 Å². The van der Waals surface area contributed by atoms with Gasteiger partial charge in [-0.1, -0.05) is 155 Å². The van der Waals surface area contributed by atoms with Crippen LogP contribution in [0.15, 0.2) is 0 Å². The summed E-state index contributed by atoms with van der Waals surface area (Å²) in [4.78, 5) is 24.4. The predicted molar refractivity (Wildman–Crippen MR) is 154 cm³/mol. The second-order valence-corrected chi connectivity index (χ2v) is 12.9. The molecule has 0 saturated carbocycles. The number of aliphatic carboxylic acids is 1. The van der Waals surface area contributed by atoms with E-state index >= 15 is 0 Å².